The number of anilines is 3. The third-order valence-electron chi connectivity index (χ3n) is 4.88. The van der Waals surface area contributed by atoms with Gasteiger partial charge in [-0.1, -0.05) is 30.3 Å². The van der Waals surface area contributed by atoms with Gasteiger partial charge in [-0.2, -0.15) is 15.0 Å². The standard InChI is InChI=1S/C20H23N7/c1-13(14-5-3-2-4-6-14)24-20-26-18(21)25-19(27-20)23-12-16-11-17(16)15-7-9-22-10-8-15/h2-10,13,16-17H,11-12H2,1H3,(H4,21,23,24,25,26,27)/t13?,16-,17-/m0/s1. The predicted octanol–water partition coefficient (Wildman–Crippen LogP) is 3.24. The summed E-state index contributed by atoms with van der Waals surface area (Å²) in [4.78, 5) is 16.9. The van der Waals surface area contributed by atoms with Gasteiger partial charge in [0.1, 0.15) is 0 Å². The minimum Gasteiger partial charge on any atom is -0.368 e. The van der Waals surface area contributed by atoms with Gasteiger partial charge in [0.05, 0.1) is 6.04 Å². The molecule has 3 atom stereocenters. The predicted molar refractivity (Wildman–Crippen MR) is 106 cm³/mol. The van der Waals surface area contributed by atoms with Crippen LogP contribution in [0.25, 0.3) is 0 Å². The number of benzene rings is 1. The number of pyridine rings is 1. The van der Waals surface area contributed by atoms with Crippen LogP contribution in [-0.4, -0.2) is 26.5 Å². The van der Waals surface area contributed by atoms with Gasteiger partial charge in [0.15, 0.2) is 0 Å². The summed E-state index contributed by atoms with van der Waals surface area (Å²) in [6.45, 7) is 2.87. The van der Waals surface area contributed by atoms with Crippen molar-refractivity contribution < 1.29 is 0 Å². The second kappa shape index (κ2) is 7.57. The lowest BCUT2D eigenvalue weighted by molar-refractivity contribution is 0.823. The van der Waals surface area contributed by atoms with Gasteiger partial charge in [0.25, 0.3) is 0 Å². The zero-order valence-corrected chi connectivity index (χ0v) is 15.2. The summed E-state index contributed by atoms with van der Waals surface area (Å²) in [5, 5.41) is 6.59. The second-order valence-corrected chi connectivity index (χ2v) is 6.88. The first-order chi connectivity index (χ1) is 13.2. The van der Waals surface area contributed by atoms with E-state index in [1.54, 1.807) is 0 Å². The van der Waals surface area contributed by atoms with Crippen LogP contribution in [0.3, 0.4) is 0 Å². The first kappa shape index (κ1) is 17.2. The monoisotopic (exact) mass is 361 g/mol. The highest BCUT2D eigenvalue weighted by Crippen LogP contribution is 2.47. The van der Waals surface area contributed by atoms with Gasteiger partial charge in [-0.3, -0.25) is 4.98 Å². The number of nitrogens with two attached hydrogens (primary N) is 1. The summed E-state index contributed by atoms with van der Waals surface area (Å²) in [5.74, 6) is 2.34. The average Bonchev–Trinajstić information content (AvgIpc) is 3.47. The van der Waals surface area contributed by atoms with Crippen LogP contribution < -0.4 is 16.4 Å². The molecule has 1 fully saturated rings. The van der Waals surface area contributed by atoms with Crippen LogP contribution >= 0.6 is 0 Å². The van der Waals surface area contributed by atoms with E-state index in [-0.39, 0.29) is 12.0 Å². The number of hydrogen-bond donors (Lipinski definition) is 3. The van der Waals surface area contributed by atoms with E-state index >= 15 is 0 Å². The summed E-state index contributed by atoms with van der Waals surface area (Å²) in [6, 6.07) is 14.4. The Labute approximate surface area is 158 Å². The molecular weight excluding hydrogens is 338 g/mol. The molecule has 2 aromatic heterocycles. The summed E-state index contributed by atoms with van der Waals surface area (Å²) >= 11 is 0. The largest absolute Gasteiger partial charge is 0.368 e. The Morgan fingerprint density at radius 2 is 1.78 bits per heavy atom. The van der Waals surface area contributed by atoms with Gasteiger partial charge in [0.2, 0.25) is 17.8 Å². The summed E-state index contributed by atoms with van der Waals surface area (Å²) in [6.07, 6.45) is 4.85. The van der Waals surface area contributed by atoms with Crippen LogP contribution in [0.2, 0.25) is 0 Å². The SMILES string of the molecule is CC(Nc1nc(N)nc(NC[C@@H]2C[C@H]2c2ccncc2)n1)c1ccccc1. The maximum Gasteiger partial charge on any atom is 0.229 e. The van der Waals surface area contributed by atoms with E-state index in [1.807, 2.05) is 30.6 Å². The number of nitrogen functional groups attached to an aromatic ring is 1. The molecule has 27 heavy (non-hydrogen) atoms. The first-order valence-electron chi connectivity index (χ1n) is 9.16. The molecule has 0 aliphatic heterocycles. The fourth-order valence-corrected chi connectivity index (χ4v) is 3.27. The maximum atomic E-state index is 5.87. The zero-order valence-electron chi connectivity index (χ0n) is 15.2. The third kappa shape index (κ3) is 4.31. The van der Waals surface area contributed by atoms with Crippen molar-refractivity contribution in [1.29, 1.82) is 0 Å². The van der Waals surface area contributed by atoms with E-state index in [0.29, 0.717) is 23.7 Å². The Morgan fingerprint density at radius 1 is 1.04 bits per heavy atom. The third-order valence-corrected chi connectivity index (χ3v) is 4.88. The van der Waals surface area contributed by atoms with Crippen molar-refractivity contribution >= 4 is 17.8 Å². The normalized spacial score (nSPS) is 19.3. The molecule has 0 radical (unpaired) electrons. The molecule has 138 valence electrons. The molecule has 7 heteroatoms. The zero-order chi connectivity index (χ0) is 18.6. The van der Waals surface area contributed by atoms with Crippen LogP contribution in [0, 0.1) is 5.92 Å². The molecule has 2 heterocycles. The fraction of sp³-hybridized carbons (Fsp3) is 0.300. The molecule has 4 N–H and O–H groups in total. The molecule has 1 saturated carbocycles. The topological polar surface area (TPSA) is 102 Å². The van der Waals surface area contributed by atoms with Crippen LogP contribution in [0.4, 0.5) is 17.8 Å². The molecule has 1 aliphatic carbocycles. The highest BCUT2D eigenvalue weighted by molar-refractivity contribution is 5.42. The molecule has 1 aromatic carbocycles. The molecule has 3 aromatic rings. The molecular formula is C20H23N7. The highest BCUT2D eigenvalue weighted by Gasteiger charge is 2.37. The Morgan fingerprint density at radius 3 is 2.56 bits per heavy atom. The first-order valence-corrected chi connectivity index (χ1v) is 9.16. The lowest BCUT2D eigenvalue weighted by atomic mass is 10.1. The quantitative estimate of drug-likeness (QED) is 0.594. The van der Waals surface area contributed by atoms with E-state index in [9.17, 15) is 0 Å². The van der Waals surface area contributed by atoms with Crippen LogP contribution in [0.5, 0.6) is 0 Å². The van der Waals surface area contributed by atoms with Crippen molar-refractivity contribution in [3.8, 4) is 0 Å². The molecule has 0 spiro atoms. The Kier molecular flexibility index (Phi) is 4.82. The lowest BCUT2D eigenvalue weighted by Gasteiger charge is -2.15. The summed E-state index contributed by atoms with van der Waals surface area (Å²) < 4.78 is 0. The van der Waals surface area contributed by atoms with Crippen molar-refractivity contribution in [3.05, 3.63) is 66.0 Å². The average molecular weight is 361 g/mol. The molecule has 1 unspecified atom stereocenters. The molecule has 1 aliphatic rings. The second-order valence-electron chi connectivity index (χ2n) is 6.88. The van der Waals surface area contributed by atoms with E-state index < -0.39 is 0 Å². The molecule has 7 nitrogen and oxygen atoms in total. The van der Waals surface area contributed by atoms with Crippen molar-refractivity contribution in [2.75, 3.05) is 22.9 Å². The van der Waals surface area contributed by atoms with E-state index in [4.69, 9.17) is 5.73 Å². The smallest absolute Gasteiger partial charge is 0.229 e. The number of rotatable bonds is 7. The van der Waals surface area contributed by atoms with Gasteiger partial charge in [0, 0.05) is 18.9 Å². The fourth-order valence-electron chi connectivity index (χ4n) is 3.27. The Balaban J connectivity index is 1.37. The van der Waals surface area contributed by atoms with Crippen LogP contribution in [0.15, 0.2) is 54.9 Å². The van der Waals surface area contributed by atoms with E-state index in [1.165, 1.54) is 5.56 Å². The Bertz CT molecular complexity index is 885. The van der Waals surface area contributed by atoms with Crippen molar-refractivity contribution in [2.24, 2.45) is 5.92 Å². The number of nitrogens with one attached hydrogen (secondary N) is 2. The molecule has 0 bridgehead atoms. The van der Waals surface area contributed by atoms with Crippen LogP contribution in [-0.2, 0) is 0 Å². The Hall–Kier alpha value is -3.22. The highest BCUT2D eigenvalue weighted by atomic mass is 15.2. The van der Waals surface area contributed by atoms with Gasteiger partial charge < -0.3 is 16.4 Å². The van der Waals surface area contributed by atoms with Crippen molar-refractivity contribution in [2.45, 2.75) is 25.3 Å². The van der Waals surface area contributed by atoms with Crippen molar-refractivity contribution in [3.63, 3.8) is 0 Å². The number of aromatic nitrogens is 4. The maximum absolute atomic E-state index is 5.87. The van der Waals surface area contributed by atoms with Crippen LogP contribution in [0.1, 0.15) is 36.4 Å². The number of hydrogen-bond acceptors (Lipinski definition) is 7. The van der Waals surface area contributed by atoms with Crippen molar-refractivity contribution in [1.82, 2.24) is 19.9 Å². The summed E-state index contributed by atoms with van der Waals surface area (Å²) in [7, 11) is 0. The number of nitrogens with zero attached hydrogens (tertiary/aromatic N) is 4. The minimum atomic E-state index is 0.0698. The molecule has 0 saturated heterocycles. The molecule has 0 amide bonds. The molecule has 4 rings (SSSR count). The lowest BCUT2D eigenvalue weighted by Crippen LogP contribution is -2.14. The van der Waals surface area contributed by atoms with E-state index in [2.05, 4.69) is 61.8 Å². The van der Waals surface area contributed by atoms with Gasteiger partial charge in [-0.05, 0) is 48.4 Å². The minimum absolute atomic E-state index is 0.0698. The van der Waals surface area contributed by atoms with Gasteiger partial charge in [-0.25, -0.2) is 0 Å². The van der Waals surface area contributed by atoms with E-state index in [0.717, 1.165) is 18.5 Å². The summed E-state index contributed by atoms with van der Waals surface area (Å²) in [5.41, 5.74) is 8.36. The van der Waals surface area contributed by atoms with Gasteiger partial charge >= 0.3 is 0 Å². The van der Waals surface area contributed by atoms with Gasteiger partial charge in [-0.15, -0.1) is 0 Å².